The van der Waals surface area contributed by atoms with Crippen molar-refractivity contribution in [2.75, 3.05) is 17.3 Å². The van der Waals surface area contributed by atoms with Gasteiger partial charge in [0.1, 0.15) is 16.5 Å². The number of anilines is 2. The predicted octanol–water partition coefficient (Wildman–Crippen LogP) is 3.44. The highest BCUT2D eigenvalue weighted by Gasteiger charge is 2.40. The van der Waals surface area contributed by atoms with Crippen molar-refractivity contribution in [1.82, 2.24) is 0 Å². The number of hydrogen-bond acceptors (Lipinski definition) is 4. The third-order valence-electron chi connectivity index (χ3n) is 3.64. The van der Waals surface area contributed by atoms with E-state index in [4.69, 9.17) is 16.3 Å². The number of methoxy groups -OCH3 is 1. The van der Waals surface area contributed by atoms with E-state index in [9.17, 15) is 9.59 Å². The Kier molecular flexibility index (Phi) is 4.27. The summed E-state index contributed by atoms with van der Waals surface area (Å²) in [6.07, 6.45) is 0. The van der Waals surface area contributed by atoms with E-state index in [0.717, 1.165) is 10.5 Å². The Morgan fingerprint density at radius 2 is 1.79 bits per heavy atom. The fourth-order valence-electron chi connectivity index (χ4n) is 2.51. The van der Waals surface area contributed by atoms with Crippen LogP contribution in [0.4, 0.5) is 11.4 Å². The zero-order valence-electron chi connectivity index (χ0n) is 13.2. The molecule has 24 heavy (non-hydrogen) atoms. The topological polar surface area (TPSA) is 58.6 Å². The van der Waals surface area contributed by atoms with Crippen molar-refractivity contribution in [3.63, 3.8) is 0 Å². The van der Waals surface area contributed by atoms with Crippen LogP contribution in [0.3, 0.4) is 0 Å². The Hall–Kier alpha value is -2.79. The van der Waals surface area contributed by atoms with Crippen LogP contribution in [-0.4, -0.2) is 18.9 Å². The van der Waals surface area contributed by atoms with Gasteiger partial charge in [-0.3, -0.25) is 9.59 Å². The smallest absolute Gasteiger partial charge is 0.283 e. The van der Waals surface area contributed by atoms with E-state index in [-0.39, 0.29) is 10.7 Å². The van der Waals surface area contributed by atoms with E-state index in [1.165, 1.54) is 7.11 Å². The number of imide groups is 1. The van der Waals surface area contributed by atoms with Gasteiger partial charge in [0.15, 0.2) is 0 Å². The van der Waals surface area contributed by atoms with Crippen molar-refractivity contribution < 1.29 is 14.3 Å². The molecular formula is C18H15ClN2O3. The molecule has 5 nitrogen and oxygen atoms in total. The van der Waals surface area contributed by atoms with Crippen molar-refractivity contribution in [3.05, 3.63) is 64.8 Å². The second-order valence-electron chi connectivity index (χ2n) is 5.30. The van der Waals surface area contributed by atoms with E-state index >= 15 is 0 Å². The van der Waals surface area contributed by atoms with Gasteiger partial charge >= 0.3 is 0 Å². The van der Waals surface area contributed by atoms with Gasteiger partial charge in [-0.25, -0.2) is 4.90 Å². The molecule has 2 amide bonds. The number of amides is 2. The summed E-state index contributed by atoms with van der Waals surface area (Å²) in [6, 6.07) is 14.2. The van der Waals surface area contributed by atoms with Gasteiger partial charge in [0.2, 0.25) is 0 Å². The molecule has 0 radical (unpaired) electrons. The Morgan fingerprint density at radius 1 is 1.04 bits per heavy atom. The molecule has 6 heteroatoms. The minimum atomic E-state index is -0.582. The number of para-hydroxylation sites is 2. The quantitative estimate of drug-likeness (QED) is 0.865. The van der Waals surface area contributed by atoms with Crippen LogP contribution in [0, 0.1) is 6.92 Å². The van der Waals surface area contributed by atoms with E-state index in [1.54, 1.807) is 30.3 Å². The lowest BCUT2D eigenvalue weighted by Gasteiger charge is -2.17. The van der Waals surface area contributed by atoms with E-state index in [0.29, 0.717) is 17.1 Å². The van der Waals surface area contributed by atoms with E-state index < -0.39 is 11.8 Å². The summed E-state index contributed by atoms with van der Waals surface area (Å²) in [6.45, 7) is 1.93. The minimum absolute atomic E-state index is 0.0539. The summed E-state index contributed by atoms with van der Waals surface area (Å²) in [4.78, 5) is 26.2. The Bertz CT molecular complexity index is 861. The number of nitrogens with zero attached hydrogens (tertiary/aromatic N) is 1. The zero-order chi connectivity index (χ0) is 17.3. The summed E-state index contributed by atoms with van der Waals surface area (Å²) >= 11 is 6.12. The molecule has 0 aliphatic carbocycles. The lowest BCUT2D eigenvalue weighted by Crippen LogP contribution is -2.32. The molecule has 2 aromatic carbocycles. The second-order valence-corrected chi connectivity index (χ2v) is 5.68. The summed E-state index contributed by atoms with van der Waals surface area (Å²) in [5, 5.41) is 2.80. The van der Waals surface area contributed by atoms with Crippen LogP contribution in [0.1, 0.15) is 5.56 Å². The van der Waals surface area contributed by atoms with Gasteiger partial charge in [-0.15, -0.1) is 0 Å². The maximum atomic E-state index is 12.7. The summed E-state index contributed by atoms with van der Waals surface area (Å²) in [5.74, 6) is -0.683. The number of rotatable bonds is 4. The van der Waals surface area contributed by atoms with Crippen molar-refractivity contribution in [1.29, 1.82) is 0 Å². The first-order chi connectivity index (χ1) is 11.5. The number of carbonyl (C=O) groups excluding carboxylic acids is 2. The monoisotopic (exact) mass is 342 g/mol. The average Bonchev–Trinajstić information content (AvgIpc) is 2.78. The molecule has 3 rings (SSSR count). The maximum absolute atomic E-state index is 12.7. The second kappa shape index (κ2) is 6.37. The molecule has 1 aliphatic heterocycles. The van der Waals surface area contributed by atoms with Gasteiger partial charge in [0, 0.05) is 5.69 Å². The average molecular weight is 343 g/mol. The normalized spacial score (nSPS) is 14.4. The highest BCUT2D eigenvalue weighted by atomic mass is 35.5. The van der Waals surface area contributed by atoms with Crippen molar-refractivity contribution in [2.45, 2.75) is 6.92 Å². The lowest BCUT2D eigenvalue weighted by molar-refractivity contribution is -0.120. The van der Waals surface area contributed by atoms with Gasteiger partial charge in [-0.05, 0) is 36.8 Å². The van der Waals surface area contributed by atoms with Crippen molar-refractivity contribution in [3.8, 4) is 5.75 Å². The molecule has 0 aromatic heterocycles. The largest absolute Gasteiger partial charge is 0.495 e. The van der Waals surface area contributed by atoms with Crippen LogP contribution in [-0.2, 0) is 9.59 Å². The SMILES string of the molecule is COc1ccccc1N1C(=O)C(Cl)=C(Nc2cccc(C)c2)C1=O. The van der Waals surface area contributed by atoms with Gasteiger partial charge in [-0.1, -0.05) is 35.9 Å². The van der Waals surface area contributed by atoms with Crippen LogP contribution in [0.15, 0.2) is 59.3 Å². The molecule has 0 atom stereocenters. The first-order valence-corrected chi connectivity index (χ1v) is 7.66. The highest BCUT2D eigenvalue weighted by Crippen LogP contribution is 2.35. The summed E-state index contributed by atoms with van der Waals surface area (Å²) < 4.78 is 5.23. The Balaban J connectivity index is 1.96. The number of benzene rings is 2. The fourth-order valence-corrected chi connectivity index (χ4v) is 2.72. The predicted molar refractivity (Wildman–Crippen MR) is 93.2 cm³/mol. The molecule has 0 saturated heterocycles. The van der Waals surface area contributed by atoms with Gasteiger partial charge < -0.3 is 10.1 Å². The highest BCUT2D eigenvalue weighted by molar-refractivity contribution is 6.53. The molecule has 2 aromatic rings. The van der Waals surface area contributed by atoms with Crippen LogP contribution >= 0.6 is 11.6 Å². The number of halogens is 1. The molecule has 0 spiro atoms. The fraction of sp³-hybridized carbons (Fsp3) is 0.111. The number of carbonyl (C=O) groups is 2. The number of hydrogen-bond donors (Lipinski definition) is 1. The maximum Gasteiger partial charge on any atom is 0.283 e. The molecule has 1 aliphatic rings. The Labute approximate surface area is 144 Å². The van der Waals surface area contributed by atoms with Crippen molar-refractivity contribution >= 4 is 34.8 Å². The number of nitrogens with one attached hydrogen (secondary N) is 1. The molecular weight excluding hydrogens is 328 g/mol. The van der Waals surface area contributed by atoms with Crippen LogP contribution < -0.4 is 15.0 Å². The van der Waals surface area contributed by atoms with Gasteiger partial charge in [0.25, 0.3) is 11.8 Å². The molecule has 1 heterocycles. The molecule has 122 valence electrons. The summed E-state index contributed by atoms with van der Waals surface area (Å²) in [5.41, 5.74) is 2.12. The minimum Gasteiger partial charge on any atom is -0.495 e. The van der Waals surface area contributed by atoms with E-state index in [1.807, 2.05) is 25.1 Å². The standard InChI is InChI=1S/C18H15ClN2O3/c1-11-6-5-7-12(10-11)20-16-15(19)17(22)21(18(16)23)13-8-3-4-9-14(13)24-2/h3-10,20H,1-2H3. The lowest BCUT2D eigenvalue weighted by atomic mass is 10.2. The third kappa shape index (κ3) is 2.74. The molecule has 1 N–H and O–H groups in total. The molecule has 0 fully saturated rings. The molecule has 0 bridgehead atoms. The zero-order valence-corrected chi connectivity index (χ0v) is 13.9. The van der Waals surface area contributed by atoms with Crippen LogP contribution in [0.25, 0.3) is 0 Å². The number of aryl methyl sites for hydroxylation is 1. The number of ether oxygens (including phenoxy) is 1. The van der Waals surface area contributed by atoms with Crippen LogP contribution in [0.2, 0.25) is 0 Å². The third-order valence-corrected chi connectivity index (χ3v) is 3.99. The summed E-state index contributed by atoms with van der Waals surface area (Å²) in [7, 11) is 1.48. The molecule has 0 saturated carbocycles. The van der Waals surface area contributed by atoms with Crippen LogP contribution in [0.5, 0.6) is 5.75 Å². The first kappa shape index (κ1) is 16.1. The molecule has 0 unspecified atom stereocenters. The van der Waals surface area contributed by atoms with Gasteiger partial charge in [0.05, 0.1) is 12.8 Å². The Morgan fingerprint density at radius 3 is 2.50 bits per heavy atom. The van der Waals surface area contributed by atoms with Crippen molar-refractivity contribution in [2.24, 2.45) is 0 Å². The van der Waals surface area contributed by atoms with E-state index in [2.05, 4.69) is 5.32 Å². The first-order valence-electron chi connectivity index (χ1n) is 7.28. The van der Waals surface area contributed by atoms with Gasteiger partial charge in [-0.2, -0.15) is 0 Å².